The fourth-order valence-corrected chi connectivity index (χ4v) is 4.47. The Kier molecular flexibility index (Phi) is 5.06. The van der Waals surface area contributed by atoms with Crippen LogP contribution in [0.3, 0.4) is 0 Å². The molecule has 3 heterocycles. The number of aryl methyl sites for hydroxylation is 3. The minimum absolute atomic E-state index is 0.0939. The van der Waals surface area contributed by atoms with Gasteiger partial charge in [0.25, 0.3) is 0 Å². The van der Waals surface area contributed by atoms with Crippen LogP contribution in [0.5, 0.6) is 11.6 Å². The van der Waals surface area contributed by atoms with Crippen molar-refractivity contribution in [3.8, 4) is 17.7 Å². The first-order chi connectivity index (χ1) is 16.0. The molecule has 1 unspecified atom stereocenters. The molecule has 0 spiro atoms. The Morgan fingerprint density at radius 3 is 2.79 bits per heavy atom. The number of hydrogen-bond donors (Lipinski definition) is 2. The maximum atomic E-state index is 9.91. The maximum Gasteiger partial charge on any atom is 0.244 e. The van der Waals surface area contributed by atoms with Crippen LogP contribution >= 0.6 is 0 Å². The van der Waals surface area contributed by atoms with E-state index in [1.54, 1.807) is 0 Å². The quantitative estimate of drug-likeness (QED) is 0.474. The molecule has 7 heteroatoms. The normalized spacial score (nSPS) is 15.3. The Labute approximate surface area is 192 Å². The Morgan fingerprint density at radius 1 is 1.18 bits per heavy atom. The second-order valence-corrected chi connectivity index (χ2v) is 8.38. The van der Waals surface area contributed by atoms with Gasteiger partial charge in [-0.2, -0.15) is 5.26 Å². The van der Waals surface area contributed by atoms with E-state index in [1.807, 2.05) is 25.1 Å². The van der Waals surface area contributed by atoms with Gasteiger partial charge in [0.2, 0.25) is 11.8 Å². The first-order valence-electron chi connectivity index (χ1n) is 10.9. The van der Waals surface area contributed by atoms with E-state index < -0.39 is 0 Å². The Bertz CT molecular complexity index is 1440. The van der Waals surface area contributed by atoms with Crippen molar-refractivity contribution in [1.82, 2.24) is 14.8 Å². The molecule has 2 aromatic heterocycles. The summed E-state index contributed by atoms with van der Waals surface area (Å²) in [6, 6.07) is 16.6. The summed E-state index contributed by atoms with van der Waals surface area (Å²) in [5.74, 6) is 1.02. The van der Waals surface area contributed by atoms with Crippen LogP contribution in [0.25, 0.3) is 10.9 Å². The molecule has 7 nitrogen and oxygen atoms in total. The monoisotopic (exact) mass is 439 g/mol. The van der Waals surface area contributed by atoms with Gasteiger partial charge in [0.05, 0.1) is 12.5 Å². The lowest BCUT2D eigenvalue weighted by molar-refractivity contribution is 0.300. The minimum Gasteiger partial charge on any atom is -0.492 e. The molecular formula is C26H25N5O2. The number of aromatic nitrogens is 3. The highest BCUT2D eigenvalue weighted by Gasteiger charge is 2.35. The molecule has 3 N–H and O–H groups in total. The SMILES string of the molecule is Cc1ccc(OCCn2cc(C3C(C#N)=C(N)Oc4n[nH]c(C)c43)c3ccccc32)cc1C. The number of hydrogen-bond acceptors (Lipinski definition) is 5. The lowest BCUT2D eigenvalue weighted by Crippen LogP contribution is -2.21. The van der Waals surface area contributed by atoms with E-state index in [-0.39, 0.29) is 11.8 Å². The third-order valence-corrected chi connectivity index (χ3v) is 6.34. The third-order valence-electron chi connectivity index (χ3n) is 6.34. The molecule has 0 amide bonds. The zero-order valence-corrected chi connectivity index (χ0v) is 18.8. The average Bonchev–Trinajstić information content (AvgIpc) is 3.36. The number of allylic oxidation sites excluding steroid dienone is 1. The number of para-hydroxylation sites is 1. The van der Waals surface area contributed by atoms with Gasteiger partial charge in [0.1, 0.15) is 24.0 Å². The van der Waals surface area contributed by atoms with Crippen molar-refractivity contribution >= 4 is 10.9 Å². The van der Waals surface area contributed by atoms with Crippen molar-refractivity contribution in [3.63, 3.8) is 0 Å². The smallest absolute Gasteiger partial charge is 0.244 e. The molecule has 0 saturated carbocycles. The van der Waals surface area contributed by atoms with Gasteiger partial charge in [-0.1, -0.05) is 24.3 Å². The molecule has 2 aromatic carbocycles. The average molecular weight is 440 g/mol. The number of rotatable bonds is 5. The van der Waals surface area contributed by atoms with E-state index >= 15 is 0 Å². The first kappa shape index (κ1) is 20.7. The van der Waals surface area contributed by atoms with Gasteiger partial charge < -0.3 is 19.8 Å². The number of nitrogens with zero attached hydrogens (tertiary/aromatic N) is 3. The van der Waals surface area contributed by atoms with Crippen molar-refractivity contribution < 1.29 is 9.47 Å². The van der Waals surface area contributed by atoms with Gasteiger partial charge in [-0.15, -0.1) is 5.10 Å². The van der Waals surface area contributed by atoms with E-state index in [0.717, 1.165) is 33.5 Å². The van der Waals surface area contributed by atoms with Crippen LogP contribution in [0.2, 0.25) is 0 Å². The molecule has 5 rings (SSSR count). The Balaban J connectivity index is 1.52. The largest absolute Gasteiger partial charge is 0.492 e. The Morgan fingerprint density at radius 2 is 2.00 bits per heavy atom. The summed E-state index contributed by atoms with van der Waals surface area (Å²) in [7, 11) is 0. The predicted molar refractivity (Wildman–Crippen MR) is 126 cm³/mol. The molecule has 0 radical (unpaired) electrons. The third kappa shape index (κ3) is 3.50. The van der Waals surface area contributed by atoms with Crippen LogP contribution < -0.4 is 15.2 Å². The molecule has 0 fully saturated rings. The summed E-state index contributed by atoms with van der Waals surface area (Å²) >= 11 is 0. The number of nitrogens with one attached hydrogen (secondary N) is 1. The topological polar surface area (TPSA) is 102 Å². The van der Waals surface area contributed by atoms with Gasteiger partial charge in [0.15, 0.2) is 0 Å². The van der Waals surface area contributed by atoms with Crippen LogP contribution in [-0.4, -0.2) is 21.4 Å². The van der Waals surface area contributed by atoms with E-state index in [0.29, 0.717) is 24.6 Å². The van der Waals surface area contributed by atoms with Crippen molar-refractivity contribution in [2.24, 2.45) is 5.73 Å². The molecule has 4 aromatic rings. The maximum absolute atomic E-state index is 9.91. The van der Waals surface area contributed by atoms with Crippen molar-refractivity contribution in [2.75, 3.05) is 6.61 Å². The van der Waals surface area contributed by atoms with E-state index in [9.17, 15) is 5.26 Å². The van der Waals surface area contributed by atoms with Crippen LogP contribution in [0, 0.1) is 32.1 Å². The van der Waals surface area contributed by atoms with E-state index in [4.69, 9.17) is 15.2 Å². The molecule has 0 aliphatic carbocycles. The van der Waals surface area contributed by atoms with Crippen LogP contribution in [-0.2, 0) is 6.54 Å². The first-order valence-corrected chi connectivity index (χ1v) is 10.9. The van der Waals surface area contributed by atoms with Crippen LogP contribution in [0.15, 0.2) is 60.1 Å². The molecule has 1 atom stereocenters. The molecular weight excluding hydrogens is 414 g/mol. The van der Waals surface area contributed by atoms with Gasteiger partial charge in [-0.05, 0) is 55.7 Å². The number of ether oxygens (including phenoxy) is 2. The summed E-state index contributed by atoms with van der Waals surface area (Å²) in [4.78, 5) is 0. The standard InChI is InChI=1S/C26H25N5O2/c1-15-8-9-18(12-16(15)2)32-11-10-31-14-21(19-6-4-5-7-22(19)31)24-20(13-27)25(28)33-26-23(24)17(3)29-30-26/h4-9,12,14,24H,10-11,28H2,1-3H3,(H,29,30). The summed E-state index contributed by atoms with van der Waals surface area (Å²) in [5, 5.41) is 18.2. The van der Waals surface area contributed by atoms with Crippen LogP contribution in [0.1, 0.15) is 33.9 Å². The zero-order chi connectivity index (χ0) is 23.1. The number of aromatic amines is 1. The summed E-state index contributed by atoms with van der Waals surface area (Å²) in [6.45, 7) is 7.28. The summed E-state index contributed by atoms with van der Waals surface area (Å²) in [5.41, 5.74) is 12.7. The highest BCUT2D eigenvalue weighted by atomic mass is 16.5. The number of nitrogens with two attached hydrogens (primary N) is 1. The highest BCUT2D eigenvalue weighted by molar-refractivity contribution is 5.86. The van der Waals surface area contributed by atoms with Crippen molar-refractivity contribution in [1.29, 1.82) is 5.26 Å². The fraction of sp³-hybridized carbons (Fsp3) is 0.231. The van der Waals surface area contributed by atoms with E-state index in [2.05, 4.69) is 65.1 Å². The molecule has 0 saturated heterocycles. The molecule has 1 aliphatic rings. The molecule has 166 valence electrons. The van der Waals surface area contributed by atoms with Crippen molar-refractivity contribution in [2.45, 2.75) is 33.2 Å². The van der Waals surface area contributed by atoms with Gasteiger partial charge in [0, 0.05) is 28.4 Å². The fourth-order valence-electron chi connectivity index (χ4n) is 4.47. The predicted octanol–water partition coefficient (Wildman–Crippen LogP) is 4.59. The molecule has 0 bridgehead atoms. The highest BCUT2D eigenvalue weighted by Crippen LogP contribution is 2.45. The van der Waals surface area contributed by atoms with Gasteiger partial charge >= 0.3 is 0 Å². The number of nitriles is 1. The molecule has 33 heavy (non-hydrogen) atoms. The lowest BCUT2D eigenvalue weighted by Gasteiger charge is -2.23. The summed E-state index contributed by atoms with van der Waals surface area (Å²) < 4.78 is 13.8. The Hall–Kier alpha value is -4.18. The van der Waals surface area contributed by atoms with Gasteiger partial charge in [-0.25, -0.2) is 0 Å². The van der Waals surface area contributed by atoms with E-state index in [1.165, 1.54) is 11.1 Å². The second-order valence-electron chi connectivity index (χ2n) is 8.38. The lowest BCUT2D eigenvalue weighted by atomic mass is 9.84. The zero-order valence-electron chi connectivity index (χ0n) is 18.8. The van der Waals surface area contributed by atoms with Gasteiger partial charge in [-0.3, -0.25) is 5.10 Å². The van der Waals surface area contributed by atoms with Crippen molar-refractivity contribution in [3.05, 3.63) is 88.1 Å². The number of benzene rings is 2. The molecule has 1 aliphatic heterocycles. The summed E-state index contributed by atoms with van der Waals surface area (Å²) in [6.07, 6.45) is 2.09. The van der Waals surface area contributed by atoms with Crippen LogP contribution in [0.4, 0.5) is 0 Å². The minimum atomic E-state index is -0.357. The number of H-pyrrole nitrogens is 1. The second kappa shape index (κ2) is 8.06. The number of fused-ring (bicyclic) bond motifs is 2.